The number of nitrogens with zero attached hydrogens (tertiary/aromatic N) is 4. The number of morpholine rings is 1. The Morgan fingerprint density at radius 2 is 1.11 bits per heavy atom. The van der Waals surface area contributed by atoms with Crippen molar-refractivity contribution in [3.05, 3.63) is 174 Å². The summed E-state index contributed by atoms with van der Waals surface area (Å²) >= 11 is 5.89. The summed E-state index contributed by atoms with van der Waals surface area (Å²) in [5.74, 6) is 1.35. The standard InChI is InChI=1S/C26H32ClN3O5S.C20H23NO5S.C18H20N2O5S/c1-18-14-30(15-19(2)34-18)17-20-4-13-25(26(31)29(3)16-20)28-36(32,33)24-11-9-23(10-12-24)35-22-7-5-21(27)6-8-22;1-2-15-6-8-16(9-7-15)26-17-10-12-18(13-11-17)27(24,25)19-5-3-4-14-21(23)20(19)22;21-18-17(19-11-4-12-20(18)22)13-26(23,24)16-9-7-15(8-10-16)25-14-5-2-1-3-6-14/h4-12,18-19,25,28H,13-17H2,1-3H3;6-13,19,23H,2-5,14H2,1H3;1-3,5-10,17,19,22H,4,11-13H2/t18?,19?,25-;;/m1../s1. The molecule has 3 amide bonds. The Labute approximate surface area is 525 Å². The first-order valence-corrected chi connectivity index (χ1v) is 34.3. The van der Waals surface area contributed by atoms with Gasteiger partial charge in [0.2, 0.25) is 15.9 Å². The van der Waals surface area contributed by atoms with E-state index in [0.717, 1.165) is 31.6 Å². The fraction of sp³-hybridized carbons (Fsp3) is 0.359. The van der Waals surface area contributed by atoms with Gasteiger partial charge in [0, 0.05) is 51.3 Å². The smallest absolute Gasteiger partial charge is 0.264 e. The molecule has 0 aliphatic carbocycles. The Bertz CT molecular complexity index is 3710. The third-order valence-corrected chi connectivity index (χ3v) is 20.5. The molecule has 4 heterocycles. The summed E-state index contributed by atoms with van der Waals surface area (Å²) in [6.45, 7) is 9.85. The third-order valence-electron chi connectivity index (χ3n) is 14.9. The second-order valence-electron chi connectivity index (χ2n) is 22.0. The van der Waals surface area contributed by atoms with Gasteiger partial charge < -0.3 is 29.2 Å². The molecule has 5 atom stereocenters. The zero-order chi connectivity index (χ0) is 63.9. The molecular formula is C64H75ClN6O15S3. The van der Waals surface area contributed by atoms with Gasteiger partial charge in [-0.15, -0.1) is 0 Å². The van der Waals surface area contributed by atoms with Crippen LogP contribution in [0.3, 0.4) is 0 Å². The Hall–Kier alpha value is -7.23. The van der Waals surface area contributed by atoms with Gasteiger partial charge in [-0.3, -0.25) is 29.7 Å². The lowest BCUT2D eigenvalue weighted by molar-refractivity contribution is -0.165. The average molecular weight is 1300 g/mol. The van der Waals surface area contributed by atoms with E-state index in [4.69, 9.17) is 30.5 Å². The van der Waals surface area contributed by atoms with Crippen LogP contribution >= 0.6 is 11.6 Å². The first kappa shape index (κ1) is 67.7. The molecule has 476 valence electrons. The van der Waals surface area contributed by atoms with Gasteiger partial charge in [-0.2, -0.15) is 4.72 Å². The van der Waals surface area contributed by atoms with Crippen LogP contribution in [-0.2, 0) is 55.2 Å². The minimum absolute atomic E-state index is 0.0461. The monoisotopic (exact) mass is 1300 g/mol. The molecule has 6 aromatic carbocycles. The minimum atomic E-state index is -3.91. The van der Waals surface area contributed by atoms with E-state index in [1.165, 1.54) is 42.0 Å². The van der Waals surface area contributed by atoms with E-state index in [0.29, 0.717) is 88.4 Å². The molecule has 0 radical (unpaired) electrons. The average Bonchev–Trinajstić information content (AvgIpc) is 2.55. The molecule has 0 bridgehead atoms. The van der Waals surface area contributed by atoms with Crippen molar-refractivity contribution in [2.24, 2.45) is 0 Å². The fourth-order valence-electron chi connectivity index (χ4n) is 10.3. The molecule has 0 saturated carbocycles. The van der Waals surface area contributed by atoms with Gasteiger partial charge in [0.1, 0.15) is 51.8 Å². The lowest BCUT2D eigenvalue weighted by atomic mass is 10.1. The zero-order valence-electron chi connectivity index (χ0n) is 49.9. The second kappa shape index (κ2) is 31.0. The Morgan fingerprint density at radius 3 is 1.67 bits per heavy atom. The number of aryl methyl sites for hydroxylation is 1. The summed E-state index contributed by atoms with van der Waals surface area (Å²) in [6.07, 6.45) is 5.46. The van der Waals surface area contributed by atoms with Gasteiger partial charge in [0.05, 0.1) is 32.6 Å². The number of likely N-dealkylation sites (N-methyl/N-ethyl adjacent to an activating group) is 1. The van der Waals surface area contributed by atoms with Crippen molar-refractivity contribution < 1.29 is 69.0 Å². The number of carbonyl (C=O) groups is 3. The Kier molecular flexibility index (Phi) is 23.6. The van der Waals surface area contributed by atoms with Gasteiger partial charge >= 0.3 is 0 Å². The number of hydrogen-bond donors (Lipinski definition) is 4. The van der Waals surface area contributed by atoms with E-state index < -0.39 is 64.6 Å². The van der Waals surface area contributed by atoms with Crippen molar-refractivity contribution >= 4 is 59.0 Å². The SMILES string of the molecule is CC1CN(CC2=CC[C@@H](NS(=O)(=O)c3ccc(Oc4ccc(Cl)cc4)cc3)C(=O)N(C)C2)CC(C)O1.CCc1ccc(Oc2ccc(S(=O)(=O)C3CCCCN(O)C3=O)cc2)cc1.O=C1C(CS(=O)(=O)c2ccc(Oc3ccccc3)cc2)NCCCN1O. The number of rotatable bonds is 17. The van der Waals surface area contributed by atoms with Crippen molar-refractivity contribution in [2.75, 3.05) is 58.6 Å². The molecule has 25 heteroatoms. The van der Waals surface area contributed by atoms with Crippen molar-refractivity contribution in [1.82, 2.24) is 30.0 Å². The molecule has 3 saturated heterocycles. The lowest BCUT2D eigenvalue weighted by Crippen LogP contribution is -2.47. The van der Waals surface area contributed by atoms with Gasteiger partial charge in [-0.05, 0) is 191 Å². The number of para-hydroxylation sites is 1. The van der Waals surface area contributed by atoms with Gasteiger partial charge in [-0.25, -0.2) is 35.4 Å². The number of amides is 3. The van der Waals surface area contributed by atoms with Gasteiger partial charge in [0.25, 0.3) is 11.8 Å². The molecule has 10 rings (SSSR count). The maximum atomic E-state index is 13.1. The van der Waals surface area contributed by atoms with Crippen LogP contribution in [0.2, 0.25) is 5.02 Å². The van der Waals surface area contributed by atoms with Crippen molar-refractivity contribution in [3.63, 3.8) is 0 Å². The molecule has 4 N–H and O–H groups in total. The molecule has 4 aliphatic rings. The first-order chi connectivity index (χ1) is 42.5. The van der Waals surface area contributed by atoms with Crippen LogP contribution in [0.25, 0.3) is 0 Å². The molecule has 0 spiro atoms. The van der Waals surface area contributed by atoms with Crippen LogP contribution in [0, 0.1) is 0 Å². The van der Waals surface area contributed by atoms with Crippen LogP contribution in [0.4, 0.5) is 0 Å². The van der Waals surface area contributed by atoms with E-state index >= 15 is 0 Å². The predicted molar refractivity (Wildman–Crippen MR) is 334 cm³/mol. The summed E-state index contributed by atoms with van der Waals surface area (Å²) < 4.78 is 103. The largest absolute Gasteiger partial charge is 0.457 e. The van der Waals surface area contributed by atoms with E-state index in [2.05, 4.69) is 35.7 Å². The number of sulfonamides is 1. The molecular weight excluding hydrogens is 1220 g/mol. The van der Waals surface area contributed by atoms with E-state index in [1.54, 1.807) is 84.7 Å². The van der Waals surface area contributed by atoms with Gasteiger partial charge in [0.15, 0.2) is 19.7 Å². The van der Waals surface area contributed by atoms with Crippen LogP contribution in [0.15, 0.2) is 178 Å². The minimum Gasteiger partial charge on any atom is -0.457 e. The molecule has 89 heavy (non-hydrogen) atoms. The zero-order valence-corrected chi connectivity index (χ0v) is 53.1. The summed E-state index contributed by atoms with van der Waals surface area (Å²) in [6, 6.07) is 40.0. The van der Waals surface area contributed by atoms with E-state index in [1.807, 2.05) is 48.5 Å². The normalized spacial score (nSPS) is 20.5. The maximum absolute atomic E-state index is 13.1. The second-order valence-corrected chi connectivity index (χ2v) is 28.3. The molecule has 4 aliphatic heterocycles. The number of hydroxylamine groups is 4. The highest BCUT2D eigenvalue weighted by Crippen LogP contribution is 2.30. The third kappa shape index (κ3) is 19.2. The summed E-state index contributed by atoms with van der Waals surface area (Å²) in [5, 5.41) is 22.6. The topological polar surface area (TPSA) is 268 Å². The highest BCUT2D eigenvalue weighted by atomic mass is 35.5. The molecule has 21 nitrogen and oxygen atoms in total. The van der Waals surface area contributed by atoms with Crippen molar-refractivity contribution in [1.29, 1.82) is 0 Å². The van der Waals surface area contributed by atoms with Crippen LogP contribution in [-0.4, -0.2) is 161 Å². The van der Waals surface area contributed by atoms with Crippen molar-refractivity contribution in [2.45, 2.75) is 104 Å². The van der Waals surface area contributed by atoms with Gasteiger partial charge in [-0.1, -0.05) is 54.9 Å². The first-order valence-electron chi connectivity index (χ1n) is 29.2. The van der Waals surface area contributed by atoms with Crippen LogP contribution < -0.4 is 24.2 Å². The summed E-state index contributed by atoms with van der Waals surface area (Å²) in [5.41, 5.74) is 2.30. The number of benzene rings is 6. The molecule has 6 aromatic rings. The molecule has 0 aromatic heterocycles. The number of ether oxygens (including phenoxy) is 4. The summed E-state index contributed by atoms with van der Waals surface area (Å²) in [4.78, 5) is 41.3. The number of hydrogen-bond acceptors (Lipinski definition) is 17. The number of nitrogens with one attached hydrogen (secondary N) is 2. The number of sulfone groups is 2. The van der Waals surface area contributed by atoms with Crippen molar-refractivity contribution in [3.8, 4) is 34.5 Å². The molecule has 3 fully saturated rings. The fourth-order valence-corrected chi connectivity index (χ4v) is 14.8. The maximum Gasteiger partial charge on any atom is 0.264 e. The van der Waals surface area contributed by atoms with E-state index in [-0.39, 0.29) is 52.3 Å². The van der Waals surface area contributed by atoms with E-state index in [9.17, 15) is 50.1 Å². The highest BCUT2D eigenvalue weighted by Gasteiger charge is 2.38. The Balaban J connectivity index is 0.000000176. The quantitative estimate of drug-likeness (QED) is 0.0490. The molecule has 4 unspecified atom stereocenters. The van der Waals surface area contributed by atoms with Crippen LogP contribution in [0.1, 0.15) is 58.4 Å². The lowest BCUT2D eigenvalue weighted by Gasteiger charge is -2.36. The number of carbonyl (C=O) groups excluding carboxylic acids is 3. The summed E-state index contributed by atoms with van der Waals surface area (Å²) in [7, 11) is -9.78. The Morgan fingerprint density at radius 1 is 0.618 bits per heavy atom. The van der Waals surface area contributed by atoms with Crippen LogP contribution in [0.5, 0.6) is 34.5 Å². The highest BCUT2D eigenvalue weighted by molar-refractivity contribution is 7.93. The predicted octanol–water partition coefficient (Wildman–Crippen LogP) is 9.09. The number of halogens is 1.